The standard InChI is InChI=1S/C18H12ClNO4S2/c19-11-4-1-9(2-5-11)14-16(26-17(20-14)15(25)18(21)22)10-3-6-12-13(7-10)24-8-23-12/h1-7,15,25H,8H2,(H,21,22). The number of hydrogen-bond donors (Lipinski definition) is 2. The maximum absolute atomic E-state index is 11.3. The summed E-state index contributed by atoms with van der Waals surface area (Å²) in [5.41, 5.74) is 2.39. The number of aliphatic carboxylic acids is 1. The highest BCUT2D eigenvalue weighted by molar-refractivity contribution is 7.81. The lowest BCUT2D eigenvalue weighted by Crippen LogP contribution is -2.04. The van der Waals surface area contributed by atoms with Gasteiger partial charge in [0.2, 0.25) is 6.79 Å². The largest absolute Gasteiger partial charge is 0.480 e. The lowest BCUT2D eigenvalue weighted by atomic mass is 10.1. The molecule has 0 bridgehead atoms. The van der Waals surface area contributed by atoms with E-state index in [0.717, 1.165) is 16.0 Å². The van der Waals surface area contributed by atoms with Gasteiger partial charge in [0.1, 0.15) is 5.01 Å². The molecule has 1 atom stereocenters. The van der Waals surface area contributed by atoms with E-state index >= 15 is 0 Å². The summed E-state index contributed by atoms with van der Waals surface area (Å²) < 4.78 is 10.8. The van der Waals surface area contributed by atoms with Gasteiger partial charge in [-0.1, -0.05) is 23.7 Å². The van der Waals surface area contributed by atoms with Crippen LogP contribution in [0.25, 0.3) is 21.7 Å². The molecule has 0 radical (unpaired) electrons. The fourth-order valence-corrected chi connectivity index (χ4v) is 4.00. The fraction of sp³-hybridized carbons (Fsp3) is 0.111. The molecule has 8 heteroatoms. The number of carboxylic acid groups (broad SMARTS) is 1. The minimum Gasteiger partial charge on any atom is -0.480 e. The number of halogens is 1. The van der Waals surface area contributed by atoms with Gasteiger partial charge in [-0.3, -0.25) is 4.79 Å². The Morgan fingerprint density at radius 3 is 2.58 bits per heavy atom. The molecule has 4 rings (SSSR count). The molecule has 1 N–H and O–H groups in total. The number of rotatable bonds is 4. The van der Waals surface area contributed by atoms with E-state index in [0.29, 0.717) is 27.2 Å². The van der Waals surface area contributed by atoms with Gasteiger partial charge < -0.3 is 14.6 Å². The third kappa shape index (κ3) is 3.13. The van der Waals surface area contributed by atoms with E-state index in [-0.39, 0.29) is 6.79 Å². The van der Waals surface area contributed by atoms with Crippen molar-refractivity contribution in [3.05, 3.63) is 52.5 Å². The SMILES string of the molecule is O=C(O)C(S)c1nc(-c2ccc(Cl)cc2)c(-c2ccc3c(c2)OCO3)s1. The van der Waals surface area contributed by atoms with Crippen LogP contribution >= 0.6 is 35.6 Å². The molecule has 26 heavy (non-hydrogen) atoms. The van der Waals surface area contributed by atoms with E-state index in [1.165, 1.54) is 11.3 Å². The van der Waals surface area contributed by atoms with Crippen molar-refractivity contribution < 1.29 is 19.4 Å². The minimum absolute atomic E-state index is 0.189. The summed E-state index contributed by atoms with van der Waals surface area (Å²) in [6, 6.07) is 12.9. The van der Waals surface area contributed by atoms with Crippen molar-refractivity contribution in [2.75, 3.05) is 6.79 Å². The maximum atomic E-state index is 11.3. The fourth-order valence-electron chi connectivity index (χ4n) is 2.60. The van der Waals surface area contributed by atoms with Gasteiger partial charge in [0, 0.05) is 10.6 Å². The van der Waals surface area contributed by atoms with Gasteiger partial charge in [0.25, 0.3) is 0 Å². The van der Waals surface area contributed by atoms with Gasteiger partial charge in [0.05, 0.1) is 10.6 Å². The maximum Gasteiger partial charge on any atom is 0.323 e. The number of benzene rings is 2. The molecule has 1 aliphatic heterocycles. The zero-order valence-electron chi connectivity index (χ0n) is 13.2. The minimum atomic E-state index is -1.04. The molecule has 5 nitrogen and oxygen atoms in total. The highest BCUT2D eigenvalue weighted by Crippen LogP contribution is 2.43. The first-order valence-electron chi connectivity index (χ1n) is 7.60. The number of thiol groups is 1. The molecular weight excluding hydrogens is 394 g/mol. The molecule has 2 heterocycles. The Morgan fingerprint density at radius 2 is 1.85 bits per heavy atom. The van der Waals surface area contributed by atoms with Crippen LogP contribution in [0.4, 0.5) is 0 Å². The summed E-state index contributed by atoms with van der Waals surface area (Å²) in [6.45, 7) is 0.189. The molecule has 0 amide bonds. The smallest absolute Gasteiger partial charge is 0.323 e. The molecule has 132 valence electrons. The van der Waals surface area contributed by atoms with E-state index in [4.69, 9.17) is 21.1 Å². The zero-order valence-corrected chi connectivity index (χ0v) is 15.6. The molecule has 0 saturated heterocycles. The van der Waals surface area contributed by atoms with Crippen LogP contribution in [-0.4, -0.2) is 22.9 Å². The molecule has 1 unspecified atom stereocenters. The first kappa shape index (κ1) is 17.2. The quantitative estimate of drug-likeness (QED) is 0.603. The Labute approximate surface area is 163 Å². The number of fused-ring (bicyclic) bond motifs is 1. The van der Waals surface area contributed by atoms with Crippen LogP contribution in [0.2, 0.25) is 5.02 Å². The Kier molecular flexibility index (Phi) is 4.52. The van der Waals surface area contributed by atoms with Crippen molar-refractivity contribution in [1.29, 1.82) is 0 Å². The Morgan fingerprint density at radius 1 is 1.15 bits per heavy atom. The summed E-state index contributed by atoms with van der Waals surface area (Å²) in [6.07, 6.45) is 0. The van der Waals surface area contributed by atoms with Crippen molar-refractivity contribution in [2.45, 2.75) is 5.25 Å². The first-order valence-corrected chi connectivity index (χ1v) is 9.31. The van der Waals surface area contributed by atoms with Crippen molar-refractivity contribution in [2.24, 2.45) is 0 Å². The van der Waals surface area contributed by atoms with E-state index in [9.17, 15) is 9.90 Å². The van der Waals surface area contributed by atoms with Crippen molar-refractivity contribution in [3.8, 4) is 33.2 Å². The van der Waals surface area contributed by atoms with E-state index in [1.807, 2.05) is 30.3 Å². The van der Waals surface area contributed by atoms with Gasteiger partial charge in [-0.25, -0.2) is 4.98 Å². The summed E-state index contributed by atoms with van der Waals surface area (Å²) in [5, 5.41) is 9.32. The predicted octanol–water partition coefficient (Wildman–Crippen LogP) is 4.91. The van der Waals surface area contributed by atoms with Crippen LogP contribution in [0.3, 0.4) is 0 Å². The lowest BCUT2D eigenvalue weighted by Gasteiger charge is -2.04. The van der Waals surface area contributed by atoms with Crippen molar-refractivity contribution in [1.82, 2.24) is 4.98 Å². The first-order chi connectivity index (χ1) is 12.5. The second-order valence-electron chi connectivity index (χ2n) is 5.55. The van der Waals surface area contributed by atoms with Gasteiger partial charge in [-0.15, -0.1) is 11.3 Å². The van der Waals surface area contributed by atoms with Crippen LogP contribution in [0.15, 0.2) is 42.5 Å². The van der Waals surface area contributed by atoms with Gasteiger partial charge in [-0.05, 0) is 35.9 Å². The topological polar surface area (TPSA) is 68.7 Å². The number of thiazole rings is 1. The van der Waals surface area contributed by atoms with Crippen LogP contribution in [-0.2, 0) is 4.79 Å². The Balaban J connectivity index is 1.86. The van der Waals surface area contributed by atoms with E-state index < -0.39 is 11.2 Å². The van der Waals surface area contributed by atoms with Crippen molar-refractivity contribution in [3.63, 3.8) is 0 Å². The monoisotopic (exact) mass is 405 g/mol. The van der Waals surface area contributed by atoms with E-state index in [1.54, 1.807) is 12.1 Å². The molecule has 0 spiro atoms. The third-order valence-corrected chi connectivity index (χ3v) is 5.93. The predicted molar refractivity (Wildman–Crippen MR) is 103 cm³/mol. The Bertz CT molecular complexity index is 987. The van der Waals surface area contributed by atoms with Crippen LogP contribution in [0.1, 0.15) is 10.3 Å². The second kappa shape index (κ2) is 6.83. The molecule has 3 aromatic rings. The van der Waals surface area contributed by atoms with Crippen LogP contribution < -0.4 is 9.47 Å². The zero-order chi connectivity index (χ0) is 18.3. The van der Waals surface area contributed by atoms with Gasteiger partial charge >= 0.3 is 5.97 Å². The number of carboxylic acids is 1. The van der Waals surface area contributed by atoms with Crippen LogP contribution in [0, 0.1) is 0 Å². The molecule has 1 aliphatic rings. The lowest BCUT2D eigenvalue weighted by molar-refractivity contribution is -0.136. The Hall–Kier alpha value is -2.22. The van der Waals surface area contributed by atoms with Gasteiger partial charge in [0.15, 0.2) is 16.7 Å². The summed E-state index contributed by atoms with van der Waals surface area (Å²) in [5.74, 6) is 0.297. The number of carbonyl (C=O) groups is 1. The molecule has 0 fully saturated rings. The summed E-state index contributed by atoms with van der Waals surface area (Å²) >= 11 is 11.4. The third-order valence-electron chi connectivity index (χ3n) is 3.86. The molecule has 0 aliphatic carbocycles. The summed E-state index contributed by atoms with van der Waals surface area (Å²) in [7, 11) is 0. The highest BCUT2D eigenvalue weighted by atomic mass is 35.5. The number of nitrogens with zero attached hydrogens (tertiary/aromatic N) is 1. The molecular formula is C18H12ClNO4S2. The van der Waals surface area contributed by atoms with Crippen molar-refractivity contribution >= 4 is 41.5 Å². The molecule has 2 aromatic carbocycles. The van der Waals surface area contributed by atoms with Crippen LogP contribution in [0.5, 0.6) is 11.5 Å². The van der Waals surface area contributed by atoms with Gasteiger partial charge in [-0.2, -0.15) is 12.6 Å². The highest BCUT2D eigenvalue weighted by Gasteiger charge is 2.24. The van der Waals surface area contributed by atoms with E-state index in [2.05, 4.69) is 17.6 Å². The molecule has 1 aromatic heterocycles. The average molecular weight is 406 g/mol. The summed E-state index contributed by atoms with van der Waals surface area (Å²) in [4.78, 5) is 16.7. The molecule has 0 saturated carbocycles. The normalized spacial score (nSPS) is 13.6. The second-order valence-corrected chi connectivity index (χ2v) is 7.53. The number of ether oxygens (including phenoxy) is 2. The average Bonchev–Trinajstić information content (AvgIpc) is 3.28. The number of aromatic nitrogens is 1. The number of hydrogen-bond acceptors (Lipinski definition) is 6.